The van der Waals surface area contributed by atoms with Gasteiger partial charge < -0.3 is 20.2 Å². The molecule has 0 spiro atoms. The molecular weight excluding hydrogens is 321 g/mol. The number of aliphatic hydroxyl groups is 1. The van der Waals surface area contributed by atoms with Gasteiger partial charge in [-0.1, -0.05) is 11.6 Å². The summed E-state index contributed by atoms with van der Waals surface area (Å²) in [4.78, 5) is 16.1. The van der Waals surface area contributed by atoms with E-state index >= 15 is 0 Å². The Bertz CT molecular complexity index is 586. The summed E-state index contributed by atoms with van der Waals surface area (Å²) in [6.45, 7) is 2.93. The molecule has 5 nitrogen and oxygen atoms in total. The van der Waals surface area contributed by atoms with Crippen LogP contribution in [0.5, 0.6) is 0 Å². The van der Waals surface area contributed by atoms with Crippen LogP contribution in [0.4, 0.5) is 14.9 Å². The minimum Gasteiger partial charge on any atom is -0.396 e. The van der Waals surface area contributed by atoms with Crippen molar-refractivity contribution in [3.63, 3.8) is 0 Å². The second-order valence-corrected chi connectivity index (χ2v) is 6.67. The van der Waals surface area contributed by atoms with Gasteiger partial charge in [-0.25, -0.2) is 9.18 Å². The van der Waals surface area contributed by atoms with Crippen LogP contribution in [0.15, 0.2) is 18.2 Å². The Kier molecular flexibility index (Phi) is 4.92. The molecule has 2 aliphatic rings. The molecule has 2 unspecified atom stereocenters. The Morgan fingerprint density at radius 1 is 1.35 bits per heavy atom. The molecule has 7 heteroatoms. The monoisotopic (exact) mass is 341 g/mol. The molecule has 126 valence electrons. The van der Waals surface area contributed by atoms with Gasteiger partial charge in [-0.3, -0.25) is 0 Å². The molecule has 2 amide bonds. The molecule has 0 bridgehead atoms. The van der Waals surface area contributed by atoms with Crippen LogP contribution in [-0.4, -0.2) is 54.9 Å². The SMILES string of the molecule is O=C(NC1CCN(c2ccc(F)c(Cl)c2)C1)N1CCC(CO)C1. The lowest BCUT2D eigenvalue weighted by molar-refractivity contribution is 0.195. The van der Waals surface area contributed by atoms with Gasteiger partial charge in [-0.15, -0.1) is 0 Å². The smallest absolute Gasteiger partial charge is 0.317 e. The van der Waals surface area contributed by atoms with E-state index in [2.05, 4.69) is 10.2 Å². The van der Waals surface area contributed by atoms with E-state index in [1.165, 1.54) is 6.07 Å². The topological polar surface area (TPSA) is 55.8 Å². The van der Waals surface area contributed by atoms with E-state index in [1.807, 2.05) is 0 Å². The summed E-state index contributed by atoms with van der Waals surface area (Å²) in [5.41, 5.74) is 0.870. The predicted octanol–water partition coefficient (Wildman–Crippen LogP) is 2.08. The van der Waals surface area contributed by atoms with E-state index in [0.717, 1.165) is 25.1 Å². The average molecular weight is 342 g/mol. The van der Waals surface area contributed by atoms with Crippen molar-refractivity contribution in [3.05, 3.63) is 29.0 Å². The molecule has 0 aromatic heterocycles. The van der Waals surface area contributed by atoms with Crippen LogP contribution in [-0.2, 0) is 0 Å². The molecule has 2 aliphatic heterocycles. The second-order valence-electron chi connectivity index (χ2n) is 6.26. The molecule has 0 aliphatic carbocycles. The Morgan fingerprint density at radius 2 is 2.17 bits per heavy atom. The predicted molar refractivity (Wildman–Crippen MR) is 87.3 cm³/mol. The van der Waals surface area contributed by atoms with E-state index in [9.17, 15) is 9.18 Å². The quantitative estimate of drug-likeness (QED) is 0.885. The van der Waals surface area contributed by atoms with Crippen molar-refractivity contribution < 1.29 is 14.3 Å². The van der Waals surface area contributed by atoms with E-state index in [1.54, 1.807) is 17.0 Å². The van der Waals surface area contributed by atoms with Gasteiger partial charge >= 0.3 is 6.03 Å². The Hall–Kier alpha value is -1.53. The maximum atomic E-state index is 13.2. The number of hydrogen-bond acceptors (Lipinski definition) is 3. The largest absolute Gasteiger partial charge is 0.396 e. The third kappa shape index (κ3) is 3.70. The van der Waals surface area contributed by atoms with Crippen molar-refractivity contribution in [2.75, 3.05) is 37.7 Å². The second kappa shape index (κ2) is 6.93. The molecule has 2 fully saturated rings. The molecule has 1 aromatic carbocycles. The Labute approximate surface area is 140 Å². The molecule has 23 heavy (non-hydrogen) atoms. The van der Waals surface area contributed by atoms with Crippen molar-refractivity contribution in [2.45, 2.75) is 18.9 Å². The number of carbonyl (C=O) groups excluding carboxylic acids is 1. The Balaban J connectivity index is 1.53. The highest BCUT2D eigenvalue weighted by molar-refractivity contribution is 6.31. The van der Waals surface area contributed by atoms with Gasteiger partial charge in [0.15, 0.2) is 0 Å². The molecule has 3 rings (SSSR count). The molecule has 0 radical (unpaired) electrons. The van der Waals surface area contributed by atoms with Crippen molar-refractivity contribution in [1.82, 2.24) is 10.2 Å². The van der Waals surface area contributed by atoms with Crippen LogP contribution in [0.2, 0.25) is 5.02 Å². The lowest BCUT2D eigenvalue weighted by atomic mass is 10.1. The van der Waals surface area contributed by atoms with Crippen molar-refractivity contribution in [2.24, 2.45) is 5.92 Å². The zero-order chi connectivity index (χ0) is 16.4. The summed E-state index contributed by atoms with van der Waals surface area (Å²) < 4.78 is 13.2. The van der Waals surface area contributed by atoms with Crippen LogP contribution in [0.25, 0.3) is 0 Å². The first-order valence-corrected chi connectivity index (χ1v) is 8.31. The number of hydrogen-bond donors (Lipinski definition) is 2. The molecular formula is C16H21ClFN3O2. The fraction of sp³-hybridized carbons (Fsp3) is 0.562. The van der Waals surface area contributed by atoms with Crippen molar-refractivity contribution in [1.29, 1.82) is 0 Å². The maximum absolute atomic E-state index is 13.2. The van der Waals surface area contributed by atoms with Crippen LogP contribution in [0, 0.1) is 11.7 Å². The van der Waals surface area contributed by atoms with Crippen LogP contribution in [0.1, 0.15) is 12.8 Å². The first-order chi connectivity index (χ1) is 11.1. The number of carbonyl (C=O) groups is 1. The van der Waals surface area contributed by atoms with Gasteiger partial charge in [0, 0.05) is 50.4 Å². The number of halogens is 2. The highest BCUT2D eigenvalue weighted by atomic mass is 35.5. The van der Waals surface area contributed by atoms with Crippen LogP contribution < -0.4 is 10.2 Å². The average Bonchev–Trinajstić information content (AvgIpc) is 3.19. The van der Waals surface area contributed by atoms with Gasteiger partial charge in [0.2, 0.25) is 0 Å². The summed E-state index contributed by atoms with van der Waals surface area (Å²) in [5.74, 6) is -0.228. The number of amides is 2. The van der Waals surface area contributed by atoms with Crippen LogP contribution in [0.3, 0.4) is 0 Å². The van der Waals surface area contributed by atoms with Crippen LogP contribution >= 0.6 is 11.6 Å². The molecule has 2 heterocycles. The first kappa shape index (κ1) is 16.3. The molecule has 2 atom stereocenters. The number of anilines is 1. The lowest BCUT2D eigenvalue weighted by Gasteiger charge is -2.22. The van der Waals surface area contributed by atoms with Gasteiger partial charge in [0.05, 0.1) is 5.02 Å². The summed E-state index contributed by atoms with van der Waals surface area (Å²) >= 11 is 5.83. The summed E-state index contributed by atoms with van der Waals surface area (Å²) in [6.07, 6.45) is 1.70. The highest BCUT2D eigenvalue weighted by Gasteiger charge is 2.29. The normalized spacial score (nSPS) is 24.3. The number of aliphatic hydroxyl groups excluding tert-OH is 1. The fourth-order valence-corrected chi connectivity index (χ4v) is 3.40. The molecule has 0 saturated carbocycles. The summed E-state index contributed by atoms with van der Waals surface area (Å²) in [5, 5.41) is 12.3. The van der Waals surface area contributed by atoms with Crippen molar-refractivity contribution in [3.8, 4) is 0 Å². The molecule has 1 aromatic rings. The highest BCUT2D eigenvalue weighted by Crippen LogP contribution is 2.26. The summed E-state index contributed by atoms with van der Waals surface area (Å²) in [7, 11) is 0. The van der Waals surface area contributed by atoms with Gasteiger partial charge in [0.25, 0.3) is 0 Å². The summed E-state index contributed by atoms with van der Waals surface area (Å²) in [6, 6.07) is 4.69. The van der Waals surface area contributed by atoms with Gasteiger partial charge in [0.1, 0.15) is 5.82 Å². The van der Waals surface area contributed by atoms with Crippen molar-refractivity contribution >= 4 is 23.3 Å². The van der Waals surface area contributed by atoms with Gasteiger partial charge in [-0.2, -0.15) is 0 Å². The molecule has 2 N–H and O–H groups in total. The zero-order valence-electron chi connectivity index (χ0n) is 12.8. The van der Waals surface area contributed by atoms with E-state index < -0.39 is 5.82 Å². The first-order valence-electron chi connectivity index (χ1n) is 7.93. The fourth-order valence-electron chi connectivity index (χ4n) is 3.23. The van der Waals surface area contributed by atoms with E-state index in [0.29, 0.717) is 19.6 Å². The lowest BCUT2D eigenvalue weighted by Crippen LogP contribution is -2.45. The molecule has 2 saturated heterocycles. The number of benzene rings is 1. The standard InChI is InChI=1S/C16H21ClFN3O2/c17-14-7-13(1-2-15(14)18)20-6-4-12(9-20)19-16(23)21-5-3-11(8-21)10-22/h1-2,7,11-12,22H,3-6,8-10H2,(H,19,23). The third-order valence-corrected chi connectivity index (χ3v) is 4.91. The maximum Gasteiger partial charge on any atom is 0.317 e. The Morgan fingerprint density at radius 3 is 2.87 bits per heavy atom. The number of urea groups is 1. The number of rotatable bonds is 3. The number of likely N-dealkylation sites (tertiary alicyclic amines) is 1. The van der Waals surface area contributed by atoms with Gasteiger partial charge in [-0.05, 0) is 31.0 Å². The zero-order valence-corrected chi connectivity index (χ0v) is 13.6. The number of nitrogens with one attached hydrogen (secondary N) is 1. The van der Waals surface area contributed by atoms with E-state index in [-0.39, 0.29) is 29.6 Å². The minimum atomic E-state index is -0.424. The number of nitrogens with zero attached hydrogens (tertiary/aromatic N) is 2. The minimum absolute atomic E-state index is 0.0649. The van der Waals surface area contributed by atoms with E-state index in [4.69, 9.17) is 16.7 Å². The third-order valence-electron chi connectivity index (χ3n) is 4.62.